The van der Waals surface area contributed by atoms with Gasteiger partial charge >= 0.3 is 0 Å². The van der Waals surface area contributed by atoms with Gasteiger partial charge in [0, 0.05) is 13.6 Å². The van der Waals surface area contributed by atoms with Gasteiger partial charge < -0.3 is 25.6 Å². The summed E-state index contributed by atoms with van der Waals surface area (Å²) in [5, 5.41) is 36.6. The average molecular weight is 403 g/mol. The fourth-order valence-electron chi connectivity index (χ4n) is 3.14. The van der Waals surface area contributed by atoms with Gasteiger partial charge in [-0.15, -0.1) is 0 Å². The Balaban J connectivity index is 1.79. The van der Waals surface area contributed by atoms with Crippen molar-refractivity contribution in [1.82, 2.24) is 40.2 Å². The second-order valence-electron chi connectivity index (χ2n) is 6.54. The van der Waals surface area contributed by atoms with Crippen LogP contribution in [0.4, 0.5) is 5.82 Å². The topological polar surface area (TPSA) is 176 Å². The van der Waals surface area contributed by atoms with Crippen LogP contribution in [0.2, 0.25) is 0 Å². The molecule has 13 heteroatoms. The molecule has 1 saturated heterocycles. The second-order valence-corrected chi connectivity index (χ2v) is 6.54. The number of fused-ring (bicyclic) bond motifs is 1. The van der Waals surface area contributed by atoms with Crippen molar-refractivity contribution in [2.75, 3.05) is 18.9 Å². The number of imidazole rings is 1. The summed E-state index contributed by atoms with van der Waals surface area (Å²) >= 11 is 0. The van der Waals surface area contributed by atoms with Crippen LogP contribution >= 0.6 is 0 Å². The van der Waals surface area contributed by atoms with E-state index in [1.165, 1.54) is 24.1 Å². The van der Waals surface area contributed by atoms with Crippen LogP contribution in [0.1, 0.15) is 19.6 Å². The lowest BCUT2D eigenvalue weighted by molar-refractivity contribution is -0.137. The Bertz CT molecular complexity index is 1010. The van der Waals surface area contributed by atoms with E-state index in [1.54, 1.807) is 0 Å². The van der Waals surface area contributed by atoms with Crippen LogP contribution in [0, 0.1) is 0 Å². The predicted molar refractivity (Wildman–Crippen MR) is 99.5 cm³/mol. The zero-order valence-electron chi connectivity index (χ0n) is 15.8. The maximum Gasteiger partial charge on any atom is 0.251 e. The highest BCUT2D eigenvalue weighted by Crippen LogP contribution is 2.33. The standard InChI is InChI=1S/C16H21N9O4/c1-3-4-18-13-8-14(22-12(21-13)7-5-20-24-23-7)25(6-19-8)16-10(27)9(26)11(29-16)15(28)17-2/h5-6,9-11,16,26-27H,3-4H2,1-2H3,(H,17,28)(H,18,21,22)(H,20,23,24)/t9-,10+,11-,16+/m0/s1. The third kappa shape index (κ3) is 3.28. The number of aliphatic hydroxyl groups excluding tert-OH is 2. The number of carbonyl (C=O) groups is 1. The molecule has 4 rings (SSSR count). The molecule has 13 nitrogen and oxygen atoms in total. The summed E-state index contributed by atoms with van der Waals surface area (Å²) in [5.41, 5.74) is 1.24. The van der Waals surface area contributed by atoms with Gasteiger partial charge in [0.15, 0.2) is 35.1 Å². The van der Waals surface area contributed by atoms with Gasteiger partial charge in [-0.25, -0.2) is 15.0 Å². The van der Waals surface area contributed by atoms with Crippen molar-refractivity contribution in [1.29, 1.82) is 0 Å². The molecule has 3 aromatic heterocycles. The number of aromatic nitrogens is 7. The van der Waals surface area contributed by atoms with Crippen LogP contribution in [0.25, 0.3) is 22.7 Å². The monoisotopic (exact) mass is 403 g/mol. The molecule has 5 N–H and O–H groups in total. The number of ether oxygens (including phenoxy) is 1. The first-order chi connectivity index (χ1) is 14.0. The molecule has 3 aromatic rings. The van der Waals surface area contributed by atoms with Gasteiger partial charge in [-0.05, 0) is 6.42 Å². The zero-order chi connectivity index (χ0) is 20.5. The lowest BCUT2D eigenvalue weighted by atomic mass is 10.1. The zero-order valence-corrected chi connectivity index (χ0v) is 15.8. The number of rotatable bonds is 6. The number of hydrogen-bond donors (Lipinski definition) is 5. The normalized spacial score (nSPS) is 24.1. The minimum Gasteiger partial charge on any atom is -0.387 e. The average Bonchev–Trinajstić information content (AvgIpc) is 3.46. The van der Waals surface area contributed by atoms with E-state index >= 15 is 0 Å². The number of nitrogens with zero attached hydrogens (tertiary/aromatic N) is 6. The van der Waals surface area contributed by atoms with E-state index in [4.69, 9.17) is 4.74 Å². The van der Waals surface area contributed by atoms with Gasteiger partial charge in [-0.2, -0.15) is 15.4 Å². The molecule has 1 aliphatic rings. The van der Waals surface area contributed by atoms with Gasteiger partial charge in [0.2, 0.25) is 0 Å². The number of hydrogen-bond acceptors (Lipinski definition) is 10. The highest BCUT2D eigenvalue weighted by Gasteiger charge is 2.47. The van der Waals surface area contributed by atoms with E-state index in [9.17, 15) is 15.0 Å². The Labute approximate surface area is 164 Å². The molecule has 0 spiro atoms. The molecule has 0 aliphatic carbocycles. The van der Waals surface area contributed by atoms with Crippen LogP contribution < -0.4 is 10.6 Å². The molecular formula is C16H21N9O4. The molecule has 0 bridgehead atoms. The number of likely N-dealkylation sites (N-methyl/N-ethyl adjacent to an activating group) is 1. The smallest absolute Gasteiger partial charge is 0.251 e. The summed E-state index contributed by atoms with van der Waals surface area (Å²) in [7, 11) is 1.42. The fraction of sp³-hybridized carbons (Fsp3) is 0.500. The summed E-state index contributed by atoms with van der Waals surface area (Å²) in [6.45, 7) is 2.68. The number of nitrogens with one attached hydrogen (secondary N) is 3. The quantitative estimate of drug-likeness (QED) is 0.336. The Morgan fingerprint density at radius 2 is 2.17 bits per heavy atom. The maximum absolute atomic E-state index is 11.9. The summed E-state index contributed by atoms with van der Waals surface area (Å²) in [6, 6.07) is 0. The molecule has 0 radical (unpaired) electrons. The first-order valence-corrected chi connectivity index (χ1v) is 9.13. The van der Waals surface area contributed by atoms with E-state index < -0.39 is 30.4 Å². The van der Waals surface area contributed by atoms with Crippen molar-refractivity contribution in [2.45, 2.75) is 37.9 Å². The van der Waals surface area contributed by atoms with Crippen molar-refractivity contribution in [3.05, 3.63) is 12.5 Å². The molecule has 0 unspecified atom stereocenters. The summed E-state index contributed by atoms with van der Waals surface area (Å²) in [6.07, 6.45) is -1.24. The summed E-state index contributed by atoms with van der Waals surface area (Å²) in [4.78, 5) is 25.3. The van der Waals surface area contributed by atoms with E-state index in [0.29, 0.717) is 35.0 Å². The van der Waals surface area contributed by atoms with Gasteiger partial charge in [-0.1, -0.05) is 6.92 Å². The van der Waals surface area contributed by atoms with Crippen molar-refractivity contribution < 1.29 is 19.7 Å². The SMILES string of the molecule is CCCNc1nc(-c2cn[nH]n2)nc2c1ncn2[C@@H]1O[C@H](C(=O)NC)[C@@H](O)[C@H]1O. The number of aromatic amines is 1. The molecule has 154 valence electrons. The van der Waals surface area contributed by atoms with Crippen LogP contribution in [-0.4, -0.2) is 83.0 Å². The molecule has 0 saturated carbocycles. The number of H-pyrrole nitrogens is 1. The Morgan fingerprint density at radius 1 is 1.34 bits per heavy atom. The molecular weight excluding hydrogens is 382 g/mol. The first-order valence-electron chi connectivity index (χ1n) is 9.13. The molecule has 4 heterocycles. The molecule has 1 fully saturated rings. The predicted octanol–water partition coefficient (Wildman–Crippen LogP) is -1.20. The lowest BCUT2D eigenvalue weighted by Gasteiger charge is -2.16. The maximum atomic E-state index is 11.9. The number of amides is 1. The molecule has 0 aromatic carbocycles. The second kappa shape index (κ2) is 7.69. The Kier molecular flexibility index (Phi) is 5.08. The minimum absolute atomic E-state index is 0.294. The van der Waals surface area contributed by atoms with E-state index in [1.807, 2.05) is 6.92 Å². The van der Waals surface area contributed by atoms with Crippen molar-refractivity contribution in [3.8, 4) is 11.5 Å². The molecule has 1 aliphatic heterocycles. The van der Waals surface area contributed by atoms with Gasteiger partial charge in [0.05, 0.1) is 12.5 Å². The number of aliphatic hydroxyl groups is 2. The number of carbonyl (C=O) groups excluding carboxylic acids is 1. The van der Waals surface area contributed by atoms with Crippen LogP contribution in [0.3, 0.4) is 0 Å². The van der Waals surface area contributed by atoms with Crippen molar-refractivity contribution in [2.24, 2.45) is 0 Å². The third-order valence-electron chi connectivity index (χ3n) is 4.63. The first kappa shape index (κ1) is 19.2. The summed E-state index contributed by atoms with van der Waals surface area (Å²) < 4.78 is 7.11. The Hall–Kier alpha value is -3.16. The molecule has 1 amide bonds. The van der Waals surface area contributed by atoms with E-state index in [0.717, 1.165) is 6.42 Å². The lowest BCUT2D eigenvalue weighted by Crippen LogP contribution is -2.41. The highest BCUT2D eigenvalue weighted by molar-refractivity contribution is 5.85. The van der Waals surface area contributed by atoms with Crippen LogP contribution in [-0.2, 0) is 9.53 Å². The van der Waals surface area contributed by atoms with Gasteiger partial charge in [-0.3, -0.25) is 9.36 Å². The largest absolute Gasteiger partial charge is 0.387 e. The fourth-order valence-corrected chi connectivity index (χ4v) is 3.14. The third-order valence-corrected chi connectivity index (χ3v) is 4.63. The van der Waals surface area contributed by atoms with Gasteiger partial charge in [0.25, 0.3) is 5.91 Å². The van der Waals surface area contributed by atoms with Gasteiger partial charge in [0.1, 0.15) is 17.9 Å². The van der Waals surface area contributed by atoms with Crippen molar-refractivity contribution in [3.63, 3.8) is 0 Å². The highest BCUT2D eigenvalue weighted by atomic mass is 16.6. The van der Waals surface area contributed by atoms with Crippen LogP contribution in [0.15, 0.2) is 12.5 Å². The van der Waals surface area contributed by atoms with Crippen molar-refractivity contribution >= 4 is 22.9 Å². The Morgan fingerprint density at radius 3 is 2.86 bits per heavy atom. The summed E-state index contributed by atoms with van der Waals surface area (Å²) in [5.74, 6) is 0.249. The number of anilines is 1. The van der Waals surface area contributed by atoms with Crippen LogP contribution in [0.5, 0.6) is 0 Å². The minimum atomic E-state index is -1.40. The van der Waals surface area contributed by atoms with E-state index in [-0.39, 0.29) is 0 Å². The van der Waals surface area contributed by atoms with E-state index in [2.05, 4.69) is 41.0 Å². The molecule has 29 heavy (non-hydrogen) atoms. The molecule has 4 atom stereocenters.